The van der Waals surface area contributed by atoms with E-state index in [9.17, 15) is 14.9 Å². The van der Waals surface area contributed by atoms with E-state index in [1.54, 1.807) is 6.08 Å². The van der Waals surface area contributed by atoms with Crippen LogP contribution in [0.15, 0.2) is 60.3 Å². The van der Waals surface area contributed by atoms with Crippen molar-refractivity contribution in [2.75, 3.05) is 11.1 Å². The van der Waals surface area contributed by atoms with Crippen molar-refractivity contribution in [3.8, 4) is 5.75 Å². The van der Waals surface area contributed by atoms with Crippen LogP contribution in [0.25, 0.3) is 0 Å². The van der Waals surface area contributed by atoms with Gasteiger partial charge in [-0.25, -0.2) is 0 Å². The summed E-state index contributed by atoms with van der Waals surface area (Å²) >= 11 is 7.21. The van der Waals surface area contributed by atoms with Crippen molar-refractivity contribution in [3.05, 3.63) is 81.6 Å². The van der Waals surface area contributed by atoms with Gasteiger partial charge in [0.2, 0.25) is 5.91 Å². The lowest BCUT2D eigenvalue weighted by molar-refractivity contribution is -0.384. The molecule has 3 aromatic rings. The number of allylic oxidation sites excluding steroid dienone is 1. The molecular formula is C21H20ClN5O4S. The van der Waals surface area contributed by atoms with Gasteiger partial charge in [-0.15, -0.1) is 16.8 Å². The van der Waals surface area contributed by atoms with Crippen molar-refractivity contribution in [3.63, 3.8) is 0 Å². The Bertz CT molecular complexity index is 1150. The molecule has 2 aromatic carbocycles. The summed E-state index contributed by atoms with van der Waals surface area (Å²) in [7, 11) is 0. The molecule has 1 heterocycles. The number of para-hydroxylation sites is 1. The summed E-state index contributed by atoms with van der Waals surface area (Å²) in [5, 5.41) is 22.6. The van der Waals surface area contributed by atoms with Gasteiger partial charge in [0.25, 0.3) is 5.69 Å². The zero-order chi connectivity index (χ0) is 23.1. The van der Waals surface area contributed by atoms with Crippen LogP contribution in [-0.4, -0.2) is 31.3 Å². The molecule has 0 aliphatic heterocycles. The molecule has 0 radical (unpaired) electrons. The Labute approximate surface area is 193 Å². The first-order valence-electron chi connectivity index (χ1n) is 9.47. The Morgan fingerprint density at radius 3 is 2.84 bits per heavy atom. The summed E-state index contributed by atoms with van der Waals surface area (Å²) in [6, 6.07) is 11.5. The Hall–Kier alpha value is -3.37. The van der Waals surface area contributed by atoms with Gasteiger partial charge in [0.05, 0.1) is 21.4 Å². The van der Waals surface area contributed by atoms with Crippen LogP contribution in [0.5, 0.6) is 5.75 Å². The second kappa shape index (κ2) is 10.8. The molecule has 11 heteroatoms. The Kier molecular flexibility index (Phi) is 7.85. The molecule has 0 spiro atoms. The Morgan fingerprint density at radius 1 is 1.34 bits per heavy atom. The first kappa shape index (κ1) is 23.3. The molecule has 0 fully saturated rings. The number of hydrogen-bond donors (Lipinski definition) is 1. The molecule has 9 nitrogen and oxygen atoms in total. The number of non-ortho nitro benzene ring substituents is 1. The van der Waals surface area contributed by atoms with Gasteiger partial charge in [-0.3, -0.25) is 19.5 Å². The number of halogens is 1. The number of amides is 1. The van der Waals surface area contributed by atoms with E-state index in [-0.39, 0.29) is 34.7 Å². The summed E-state index contributed by atoms with van der Waals surface area (Å²) in [5.41, 5.74) is 1.01. The van der Waals surface area contributed by atoms with Crippen molar-refractivity contribution in [2.45, 2.75) is 25.2 Å². The minimum atomic E-state index is -0.557. The third-order valence-corrected chi connectivity index (χ3v) is 5.62. The SMILES string of the molecule is C=CCn1c(COc2ccccc2C)nnc1SCC(=O)Nc1cc([N+](=O)[O-])ccc1Cl. The number of nitrogens with zero attached hydrogens (tertiary/aromatic N) is 4. The van der Waals surface area contributed by atoms with Gasteiger partial charge in [-0.2, -0.15) is 0 Å². The first-order valence-corrected chi connectivity index (χ1v) is 10.8. The maximum Gasteiger partial charge on any atom is 0.271 e. The van der Waals surface area contributed by atoms with Crippen LogP contribution in [0.2, 0.25) is 5.02 Å². The molecular weight excluding hydrogens is 454 g/mol. The Morgan fingerprint density at radius 2 is 2.12 bits per heavy atom. The third-order valence-electron chi connectivity index (χ3n) is 4.32. The maximum atomic E-state index is 12.4. The zero-order valence-corrected chi connectivity index (χ0v) is 18.7. The highest BCUT2D eigenvalue weighted by Crippen LogP contribution is 2.27. The van der Waals surface area contributed by atoms with E-state index in [1.807, 2.05) is 35.8 Å². The summed E-state index contributed by atoms with van der Waals surface area (Å²) in [5.74, 6) is 0.969. The van der Waals surface area contributed by atoms with Crippen LogP contribution >= 0.6 is 23.4 Å². The normalized spacial score (nSPS) is 10.6. The van der Waals surface area contributed by atoms with Crippen molar-refractivity contribution in [1.29, 1.82) is 0 Å². The smallest absolute Gasteiger partial charge is 0.271 e. The molecule has 0 aliphatic carbocycles. The van der Waals surface area contributed by atoms with Gasteiger partial charge in [-0.1, -0.05) is 47.6 Å². The average molecular weight is 474 g/mol. The number of aromatic nitrogens is 3. The van der Waals surface area contributed by atoms with E-state index in [0.717, 1.165) is 11.3 Å². The number of thioether (sulfide) groups is 1. The number of benzene rings is 2. The molecule has 0 bridgehead atoms. The van der Waals surface area contributed by atoms with E-state index in [1.165, 1.54) is 30.0 Å². The van der Waals surface area contributed by atoms with E-state index < -0.39 is 4.92 Å². The summed E-state index contributed by atoms with van der Waals surface area (Å²) in [6.07, 6.45) is 1.70. The lowest BCUT2D eigenvalue weighted by atomic mass is 10.2. The highest BCUT2D eigenvalue weighted by atomic mass is 35.5. The number of hydrogen-bond acceptors (Lipinski definition) is 7. The van der Waals surface area contributed by atoms with Gasteiger partial charge in [-0.05, 0) is 24.6 Å². The molecule has 3 rings (SSSR count). The van der Waals surface area contributed by atoms with E-state index in [4.69, 9.17) is 16.3 Å². The molecule has 32 heavy (non-hydrogen) atoms. The van der Waals surface area contributed by atoms with Gasteiger partial charge in [0.15, 0.2) is 11.0 Å². The Balaban J connectivity index is 1.65. The molecule has 0 saturated heterocycles. The molecule has 1 amide bonds. The largest absolute Gasteiger partial charge is 0.485 e. The summed E-state index contributed by atoms with van der Waals surface area (Å²) in [6.45, 7) is 6.37. The van der Waals surface area contributed by atoms with Crippen LogP contribution in [0.3, 0.4) is 0 Å². The zero-order valence-electron chi connectivity index (χ0n) is 17.2. The molecule has 166 valence electrons. The van der Waals surface area contributed by atoms with Crippen LogP contribution in [0, 0.1) is 17.0 Å². The third kappa shape index (κ3) is 5.86. The van der Waals surface area contributed by atoms with Crippen molar-refractivity contribution < 1.29 is 14.5 Å². The van der Waals surface area contributed by atoms with Gasteiger partial charge >= 0.3 is 0 Å². The quantitative estimate of drug-likeness (QED) is 0.197. The molecule has 0 unspecified atom stereocenters. The highest BCUT2D eigenvalue weighted by molar-refractivity contribution is 7.99. The number of nitro benzene ring substituents is 1. The van der Waals surface area contributed by atoms with E-state index in [0.29, 0.717) is 17.5 Å². The number of ether oxygens (including phenoxy) is 1. The minimum Gasteiger partial charge on any atom is -0.485 e. The number of nitro groups is 1. The molecule has 0 atom stereocenters. The summed E-state index contributed by atoms with van der Waals surface area (Å²) in [4.78, 5) is 22.8. The fraction of sp³-hybridized carbons (Fsp3) is 0.190. The summed E-state index contributed by atoms with van der Waals surface area (Å²) < 4.78 is 7.66. The second-order valence-corrected chi connectivity index (χ2v) is 7.96. The van der Waals surface area contributed by atoms with Crippen LogP contribution in [-0.2, 0) is 17.9 Å². The number of carbonyl (C=O) groups excluding carboxylic acids is 1. The number of rotatable bonds is 10. The van der Waals surface area contributed by atoms with Crippen LogP contribution in [0.1, 0.15) is 11.4 Å². The topological polar surface area (TPSA) is 112 Å². The molecule has 1 N–H and O–H groups in total. The predicted molar refractivity (Wildman–Crippen MR) is 123 cm³/mol. The monoisotopic (exact) mass is 473 g/mol. The standard InChI is InChI=1S/C21H20ClN5O4S/c1-3-10-26-19(12-31-18-7-5-4-6-14(18)2)24-25-21(26)32-13-20(28)23-17-11-15(27(29)30)8-9-16(17)22/h3-9,11H,1,10,12-13H2,2H3,(H,23,28). The molecule has 0 aliphatic rings. The lowest BCUT2D eigenvalue weighted by Gasteiger charge is -2.11. The molecule has 0 saturated carbocycles. The lowest BCUT2D eigenvalue weighted by Crippen LogP contribution is -2.15. The van der Waals surface area contributed by atoms with Crippen LogP contribution < -0.4 is 10.1 Å². The van der Waals surface area contributed by atoms with Gasteiger partial charge < -0.3 is 10.1 Å². The minimum absolute atomic E-state index is 0.00689. The van der Waals surface area contributed by atoms with Gasteiger partial charge in [0, 0.05) is 18.7 Å². The van der Waals surface area contributed by atoms with Crippen molar-refractivity contribution >= 4 is 40.6 Å². The number of anilines is 1. The maximum absolute atomic E-state index is 12.4. The van der Waals surface area contributed by atoms with Crippen molar-refractivity contribution in [2.24, 2.45) is 0 Å². The van der Waals surface area contributed by atoms with E-state index in [2.05, 4.69) is 22.1 Å². The van der Waals surface area contributed by atoms with Crippen LogP contribution in [0.4, 0.5) is 11.4 Å². The van der Waals surface area contributed by atoms with Crippen molar-refractivity contribution in [1.82, 2.24) is 14.8 Å². The van der Waals surface area contributed by atoms with Gasteiger partial charge in [0.1, 0.15) is 12.4 Å². The number of aryl methyl sites for hydroxylation is 1. The fourth-order valence-corrected chi connectivity index (χ4v) is 3.68. The highest BCUT2D eigenvalue weighted by Gasteiger charge is 2.16. The first-order chi connectivity index (χ1) is 15.4. The van der Waals surface area contributed by atoms with E-state index >= 15 is 0 Å². The number of nitrogens with one attached hydrogen (secondary N) is 1. The second-order valence-electron chi connectivity index (χ2n) is 6.61. The predicted octanol–water partition coefficient (Wildman–Crippen LogP) is 4.64. The number of carbonyl (C=O) groups is 1. The average Bonchev–Trinajstić information content (AvgIpc) is 3.15. The fourth-order valence-electron chi connectivity index (χ4n) is 2.74. The molecule has 1 aromatic heterocycles.